The second kappa shape index (κ2) is 5.82. The zero-order valence-corrected chi connectivity index (χ0v) is 16.0. The Kier molecular flexibility index (Phi) is 4.78. The van der Waals surface area contributed by atoms with Crippen LogP contribution in [0.1, 0.15) is 52.9 Å². The lowest BCUT2D eigenvalue weighted by Crippen LogP contribution is -2.62. The van der Waals surface area contributed by atoms with Crippen LogP contribution in [0.15, 0.2) is 12.7 Å². The van der Waals surface area contributed by atoms with Gasteiger partial charge >= 0.3 is 0 Å². The van der Waals surface area contributed by atoms with E-state index in [1.54, 1.807) is 0 Å². The van der Waals surface area contributed by atoms with E-state index in [-0.39, 0.29) is 5.54 Å². The van der Waals surface area contributed by atoms with Crippen molar-refractivity contribution in [3.8, 4) is 0 Å². The lowest BCUT2D eigenvalue weighted by atomic mass is 9.66. The van der Waals surface area contributed by atoms with Gasteiger partial charge in [0.05, 0.1) is 6.10 Å². The summed E-state index contributed by atoms with van der Waals surface area (Å²) in [4.78, 5) is 2.55. The van der Waals surface area contributed by atoms with Crippen molar-refractivity contribution in [3.63, 3.8) is 0 Å². The van der Waals surface area contributed by atoms with Crippen LogP contribution in [0, 0.1) is 5.92 Å². The SMILES string of the molecule is C=C[C@]12CCCC[C@H]1[C@@H](O[Si](C)(C)C(C)(C)C)CCN2C. The Balaban J connectivity index is 2.23. The number of rotatable bonds is 3. The van der Waals surface area contributed by atoms with E-state index in [0.29, 0.717) is 17.1 Å². The van der Waals surface area contributed by atoms with Crippen molar-refractivity contribution in [2.24, 2.45) is 5.92 Å². The van der Waals surface area contributed by atoms with Gasteiger partial charge in [0.2, 0.25) is 0 Å². The van der Waals surface area contributed by atoms with Gasteiger partial charge in [-0.1, -0.05) is 39.7 Å². The number of likely N-dealkylation sites (N-methyl/N-ethyl adjacent to an activating group) is 1. The van der Waals surface area contributed by atoms with Crippen molar-refractivity contribution in [1.29, 1.82) is 0 Å². The summed E-state index contributed by atoms with van der Waals surface area (Å²) in [6.45, 7) is 17.2. The van der Waals surface area contributed by atoms with Crippen LogP contribution in [-0.4, -0.2) is 38.5 Å². The minimum atomic E-state index is -1.69. The molecule has 1 saturated carbocycles. The summed E-state index contributed by atoms with van der Waals surface area (Å²) < 4.78 is 6.85. The van der Waals surface area contributed by atoms with Gasteiger partial charge in [-0.3, -0.25) is 4.90 Å². The van der Waals surface area contributed by atoms with E-state index in [1.165, 1.54) is 32.1 Å². The van der Waals surface area contributed by atoms with Crippen molar-refractivity contribution in [3.05, 3.63) is 12.7 Å². The molecule has 0 radical (unpaired) electrons. The molecule has 0 N–H and O–H groups in total. The van der Waals surface area contributed by atoms with Crippen LogP contribution in [-0.2, 0) is 4.43 Å². The number of hydrogen-bond donors (Lipinski definition) is 0. The number of nitrogens with zero attached hydrogens (tertiary/aromatic N) is 1. The average molecular weight is 310 g/mol. The molecule has 1 saturated heterocycles. The Morgan fingerprint density at radius 2 is 1.90 bits per heavy atom. The van der Waals surface area contributed by atoms with E-state index in [1.807, 2.05) is 0 Å². The normalized spacial score (nSPS) is 35.3. The van der Waals surface area contributed by atoms with Crippen LogP contribution in [0.2, 0.25) is 18.1 Å². The first kappa shape index (κ1) is 17.2. The van der Waals surface area contributed by atoms with E-state index in [2.05, 4.69) is 58.5 Å². The maximum Gasteiger partial charge on any atom is 0.192 e. The van der Waals surface area contributed by atoms with E-state index >= 15 is 0 Å². The summed E-state index contributed by atoms with van der Waals surface area (Å²) in [5, 5.41) is 0.294. The van der Waals surface area contributed by atoms with E-state index < -0.39 is 8.32 Å². The highest BCUT2D eigenvalue weighted by Crippen LogP contribution is 2.47. The molecule has 2 rings (SSSR count). The molecule has 1 aliphatic heterocycles. The Labute approximate surface area is 133 Å². The van der Waals surface area contributed by atoms with Crippen LogP contribution >= 0.6 is 0 Å². The molecule has 0 aromatic heterocycles. The summed E-state index contributed by atoms with van der Waals surface area (Å²) in [6, 6.07) is 0. The summed E-state index contributed by atoms with van der Waals surface area (Å²) in [5.41, 5.74) is 0.184. The number of piperidine rings is 1. The molecular weight excluding hydrogens is 274 g/mol. The molecule has 2 nitrogen and oxygen atoms in total. The van der Waals surface area contributed by atoms with Crippen molar-refractivity contribution < 1.29 is 4.43 Å². The van der Waals surface area contributed by atoms with E-state index in [9.17, 15) is 0 Å². The third-order valence-electron chi connectivity index (χ3n) is 6.50. The summed E-state index contributed by atoms with van der Waals surface area (Å²) in [6.07, 6.45) is 9.09. The van der Waals surface area contributed by atoms with Crippen LogP contribution in [0.25, 0.3) is 0 Å². The molecule has 1 heterocycles. The van der Waals surface area contributed by atoms with Crippen molar-refractivity contribution in [1.82, 2.24) is 4.90 Å². The topological polar surface area (TPSA) is 12.5 Å². The first-order chi connectivity index (χ1) is 9.64. The smallest absolute Gasteiger partial charge is 0.192 e. The van der Waals surface area contributed by atoms with Gasteiger partial charge in [-0.15, -0.1) is 6.58 Å². The predicted octanol–water partition coefficient (Wildman–Crippen LogP) is 4.83. The van der Waals surface area contributed by atoms with Gasteiger partial charge in [0, 0.05) is 18.0 Å². The maximum atomic E-state index is 6.85. The predicted molar refractivity (Wildman–Crippen MR) is 94.2 cm³/mol. The average Bonchev–Trinajstić information content (AvgIpc) is 2.41. The second-order valence-corrected chi connectivity index (χ2v) is 13.4. The van der Waals surface area contributed by atoms with E-state index in [4.69, 9.17) is 4.43 Å². The molecule has 0 aromatic rings. The lowest BCUT2D eigenvalue weighted by Gasteiger charge is -2.56. The zero-order valence-electron chi connectivity index (χ0n) is 15.0. The van der Waals surface area contributed by atoms with Crippen LogP contribution < -0.4 is 0 Å². The summed E-state index contributed by atoms with van der Waals surface area (Å²) in [7, 11) is 0.591. The molecule has 0 spiro atoms. The van der Waals surface area contributed by atoms with Gasteiger partial charge in [-0.2, -0.15) is 0 Å². The molecule has 2 aliphatic rings. The Hall–Kier alpha value is -0.123. The summed E-state index contributed by atoms with van der Waals surface area (Å²) >= 11 is 0. The molecule has 2 fully saturated rings. The van der Waals surface area contributed by atoms with Crippen molar-refractivity contribution >= 4 is 8.32 Å². The van der Waals surface area contributed by atoms with Gasteiger partial charge in [0.15, 0.2) is 8.32 Å². The Bertz CT molecular complexity index is 387. The number of likely N-dealkylation sites (tertiary alicyclic amines) is 1. The fourth-order valence-electron chi connectivity index (χ4n) is 4.03. The van der Waals surface area contributed by atoms with Gasteiger partial charge < -0.3 is 4.43 Å². The molecular formula is C18H35NOSi. The highest BCUT2D eigenvalue weighted by molar-refractivity contribution is 6.74. The molecule has 21 heavy (non-hydrogen) atoms. The number of hydrogen-bond acceptors (Lipinski definition) is 2. The molecule has 0 aromatic carbocycles. The fourth-order valence-corrected chi connectivity index (χ4v) is 5.42. The molecule has 3 heteroatoms. The Morgan fingerprint density at radius 3 is 2.48 bits per heavy atom. The molecule has 0 bridgehead atoms. The summed E-state index contributed by atoms with van der Waals surface area (Å²) in [5.74, 6) is 0.636. The quantitative estimate of drug-likeness (QED) is 0.547. The van der Waals surface area contributed by atoms with Crippen molar-refractivity contribution in [2.45, 2.75) is 82.7 Å². The Morgan fingerprint density at radius 1 is 1.24 bits per heavy atom. The number of fused-ring (bicyclic) bond motifs is 1. The largest absolute Gasteiger partial charge is 0.414 e. The zero-order chi connectivity index (χ0) is 15.9. The van der Waals surface area contributed by atoms with Gasteiger partial charge in [0.1, 0.15) is 0 Å². The maximum absolute atomic E-state index is 6.85. The minimum absolute atomic E-state index is 0.184. The third-order valence-corrected chi connectivity index (χ3v) is 11.0. The molecule has 0 unspecified atom stereocenters. The standard InChI is InChI=1S/C18H35NOSi/c1-8-18-13-10-9-11-15(18)16(12-14-19(18)5)20-21(6,7)17(2,3)4/h8,15-16H,1,9-14H2,2-7H3/t15-,16-,18-/m0/s1. The minimum Gasteiger partial charge on any atom is -0.414 e. The third kappa shape index (κ3) is 3.02. The van der Waals surface area contributed by atoms with Gasteiger partial charge in [-0.25, -0.2) is 0 Å². The highest BCUT2D eigenvalue weighted by Gasteiger charge is 2.51. The van der Waals surface area contributed by atoms with E-state index in [0.717, 1.165) is 6.54 Å². The van der Waals surface area contributed by atoms with Gasteiger partial charge in [-0.05, 0) is 44.4 Å². The van der Waals surface area contributed by atoms with Crippen LogP contribution in [0.4, 0.5) is 0 Å². The van der Waals surface area contributed by atoms with Crippen LogP contribution in [0.3, 0.4) is 0 Å². The van der Waals surface area contributed by atoms with Crippen LogP contribution in [0.5, 0.6) is 0 Å². The first-order valence-electron chi connectivity index (χ1n) is 8.67. The van der Waals surface area contributed by atoms with Gasteiger partial charge in [0.25, 0.3) is 0 Å². The lowest BCUT2D eigenvalue weighted by molar-refractivity contribution is -0.0578. The highest BCUT2D eigenvalue weighted by atomic mass is 28.4. The monoisotopic (exact) mass is 309 g/mol. The first-order valence-corrected chi connectivity index (χ1v) is 11.6. The fraction of sp³-hybridized carbons (Fsp3) is 0.889. The molecule has 3 atom stereocenters. The molecule has 0 amide bonds. The van der Waals surface area contributed by atoms with Crippen molar-refractivity contribution in [2.75, 3.05) is 13.6 Å². The molecule has 122 valence electrons. The molecule has 1 aliphatic carbocycles. The second-order valence-electron chi connectivity index (χ2n) is 8.67.